The number of sulfonamides is 1. The van der Waals surface area contributed by atoms with Crippen LogP contribution in [-0.4, -0.2) is 62.3 Å². The van der Waals surface area contributed by atoms with E-state index < -0.39 is 40.7 Å². The number of carbonyl (C=O) groups excluding carboxylic acids is 1. The Kier molecular flexibility index (Phi) is 6.82. The van der Waals surface area contributed by atoms with E-state index in [1.807, 2.05) is 4.90 Å². The highest BCUT2D eigenvalue weighted by molar-refractivity contribution is 7.89. The predicted octanol–water partition coefficient (Wildman–Crippen LogP) is 1.19. The van der Waals surface area contributed by atoms with Gasteiger partial charge >= 0.3 is 0 Å². The van der Waals surface area contributed by atoms with E-state index in [-0.39, 0.29) is 17.2 Å². The van der Waals surface area contributed by atoms with E-state index in [4.69, 9.17) is 4.74 Å². The molecular formula is C19H25FN2O5S. The highest BCUT2D eigenvalue weighted by Crippen LogP contribution is 2.20. The van der Waals surface area contributed by atoms with Crippen LogP contribution in [0.2, 0.25) is 0 Å². The largest absolute Gasteiger partial charge is 0.394 e. The average Bonchev–Trinajstić information content (AvgIpc) is 2.69. The molecule has 1 aromatic rings. The van der Waals surface area contributed by atoms with Crippen molar-refractivity contribution >= 4 is 15.9 Å². The van der Waals surface area contributed by atoms with Crippen molar-refractivity contribution < 1.29 is 27.4 Å². The molecule has 2 aliphatic rings. The number of aliphatic hydroxyl groups excluding tert-OH is 1. The van der Waals surface area contributed by atoms with Gasteiger partial charge in [-0.05, 0) is 37.5 Å². The van der Waals surface area contributed by atoms with Gasteiger partial charge in [0.05, 0.1) is 30.1 Å². The van der Waals surface area contributed by atoms with Crippen molar-refractivity contribution in [3.05, 3.63) is 42.2 Å². The predicted molar refractivity (Wildman–Crippen MR) is 100 cm³/mol. The molecule has 154 valence electrons. The second kappa shape index (κ2) is 9.13. The van der Waals surface area contributed by atoms with Gasteiger partial charge in [-0.2, -0.15) is 0 Å². The summed E-state index contributed by atoms with van der Waals surface area (Å²) in [6, 6.07) is 3.85. The Hall–Kier alpha value is -1.81. The minimum absolute atomic E-state index is 0.00942. The number of likely N-dealkylation sites (tertiary alicyclic amines) is 1. The molecule has 3 rings (SSSR count). The third-order valence-corrected chi connectivity index (χ3v) is 6.40. The maximum Gasteiger partial charge on any atom is 0.241 e. The number of nitrogens with one attached hydrogen (secondary N) is 1. The Balaban J connectivity index is 1.65. The van der Waals surface area contributed by atoms with E-state index in [0.29, 0.717) is 0 Å². The summed E-state index contributed by atoms with van der Waals surface area (Å²) in [5, 5.41) is 9.62. The number of amides is 1. The number of nitrogens with zero attached hydrogens (tertiary/aromatic N) is 1. The Labute approximate surface area is 164 Å². The lowest BCUT2D eigenvalue weighted by atomic mass is 10.0. The van der Waals surface area contributed by atoms with Crippen LogP contribution in [0.25, 0.3) is 0 Å². The summed E-state index contributed by atoms with van der Waals surface area (Å²) in [5.41, 5.74) is 0. The fourth-order valence-electron chi connectivity index (χ4n) is 3.44. The van der Waals surface area contributed by atoms with Gasteiger partial charge in [0, 0.05) is 13.1 Å². The Bertz CT molecular complexity index is 823. The summed E-state index contributed by atoms with van der Waals surface area (Å²) in [4.78, 5) is 14.0. The lowest BCUT2D eigenvalue weighted by Crippen LogP contribution is -2.49. The molecule has 0 saturated carbocycles. The first-order valence-electron chi connectivity index (χ1n) is 9.39. The number of piperidine rings is 1. The molecule has 1 saturated heterocycles. The summed E-state index contributed by atoms with van der Waals surface area (Å²) in [7, 11) is -3.99. The highest BCUT2D eigenvalue weighted by atomic mass is 32.2. The minimum Gasteiger partial charge on any atom is -0.394 e. The molecule has 1 fully saturated rings. The van der Waals surface area contributed by atoms with Crippen molar-refractivity contribution in [2.45, 2.75) is 48.8 Å². The molecule has 28 heavy (non-hydrogen) atoms. The third-order valence-electron chi connectivity index (χ3n) is 4.95. The van der Waals surface area contributed by atoms with Crippen molar-refractivity contribution in [1.82, 2.24) is 9.62 Å². The normalized spacial score (nSPS) is 25.6. The molecule has 2 heterocycles. The SMILES string of the molecule is O=C(C[C@@H]1C=C[C@H](NS(=O)(=O)c2cccc(F)c2)[C@@H](CO)O1)N1CCCCC1. The van der Waals surface area contributed by atoms with Gasteiger partial charge in [0.25, 0.3) is 0 Å². The van der Waals surface area contributed by atoms with Crippen LogP contribution in [0.15, 0.2) is 41.3 Å². The first kappa shape index (κ1) is 20.9. The first-order chi connectivity index (χ1) is 13.4. The molecule has 0 bridgehead atoms. The zero-order chi connectivity index (χ0) is 20.1. The van der Waals surface area contributed by atoms with Crippen molar-refractivity contribution in [1.29, 1.82) is 0 Å². The average molecular weight is 412 g/mol. The smallest absolute Gasteiger partial charge is 0.241 e. The van der Waals surface area contributed by atoms with Crippen molar-refractivity contribution in [2.75, 3.05) is 19.7 Å². The van der Waals surface area contributed by atoms with Gasteiger partial charge < -0.3 is 14.7 Å². The fourth-order valence-corrected chi connectivity index (χ4v) is 4.69. The van der Waals surface area contributed by atoms with E-state index in [9.17, 15) is 22.7 Å². The maximum atomic E-state index is 13.3. The topological polar surface area (TPSA) is 95.9 Å². The van der Waals surface area contributed by atoms with Gasteiger partial charge in [-0.3, -0.25) is 4.79 Å². The molecule has 9 heteroatoms. The Morgan fingerprint density at radius 1 is 1.25 bits per heavy atom. The lowest BCUT2D eigenvalue weighted by molar-refractivity contribution is -0.136. The first-order valence-corrected chi connectivity index (χ1v) is 10.9. The van der Waals surface area contributed by atoms with Gasteiger partial charge in [0.1, 0.15) is 11.9 Å². The lowest BCUT2D eigenvalue weighted by Gasteiger charge is -2.33. The molecule has 3 atom stereocenters. The summed E-state index contributed by atoms with van der Waals surface area (Å²) < 4.78 is 46.4. The molecule has 0 unspecified atom stereocenters. The molecule has 1 amide bonds. The van der Waals surface area contributed by atoms with Gasteiger partial charge in [0.2, 0.25) is 15.9 Å². The fraction of sp³-hybridized carbons (Fsp3) is 0.526. The number of carbonyl (C=O) groups is 1. The van der Waals surface area contributed by atoms with Crippen LogP contribution in [0.3, 0.4) is 0 Å². The number of hydrogen-bond acceptors (Lipinski definition) is 5. The monoisotopic (exact) mass is 412 g/mol. The van der Waals surface area contributed by atoms with Gasteiger partial charge in [-0.1, -0.05) is 18.2 Å². The van der Waals surface area contributed by atoms with E-state index >= 15 is 0 Å². The number of ether oxygens (including phenoxy) is 1. The number of aliphatic hydroxyl groups is 1. The zero-order valence-electron chi connectivity index (χ0n) is 15.5. The summed E-state index contributed by atoms with van der Waals surface area (Å²) in [5.74, 6) is -0.668. The Morgan fingerprint density at radius 3 is 2.68 bits per heavy atom. The number of rotatable bonds is 6. The maximum absolute atomic E-state index is 13.3. The molecule has 0 aliphatic carbocycles. The van der Waals surface area contributed by atoms with Gasteiger partial charge in [0.15, 0.2) is 0 Å². The number of hydrogen-bond donors (Lipinski definition) is 2. The molecule has 7 nitrogen and oxygen atoms in total. The molecule has 1 aromatic carbocycles. The van der Waals surface area contributed by atoms with E-state index in [1.54, 1.807) is 12.2 Å². The van der Waals surface area contributed by atoms with Crippen molar-refractivity contribution in [3.63, 3.8) is 0 Å². The van der Waals surface area contributed by atoms with E-state index in [0.717, 1.165) is 44.5 Å². The number of halogens is 1. The Morgan fingerprint density at radius 2 is 2.00 bits per heavy atom. The summed E-state index contributed by atoms with van der Waals surface area (Å²) in [6.07, 6.45) is 5.11. The van der Waals surface area contributed by atoms with Crippen molar-refractivity contribution in [3.8, 4) is 0 Å². The second-order valence-electron chi connectivity index (χ2n) is 7.03. The third kappa shape index (κ3) is 5.16. The minimum atomic E-state index is -3.99. The molecular weight excluding hydrogens is 387 g/mol. The van der Waals surface area contributed by atoms with Crippen LogP contribution in [0.5, 0.6) is 0 Å². The van der Waals surface area contributed by atoms with Gasteiger partial charge in [-0.15, -0.1) is 0 Å². The van der Waals surface area contributed by atoms with Crippen LogP contribution < -0.4 is 4.72 Å². The molecule has 0 aromatic heterocycles. The molecule has 0 radical (unpaired) electrons. The van der Waals surface area contributed by atoms with E-state index in [1.165, 1.54) is 12.1 Å². The molecule has 2 N–H and O–H groups in total. The highest BCUT2D eigenvalue weighted by Gasteiger charge is 2.32. The molecule has 0 spiro atoms. The summed E-state index contributed by atoms with van der Waals surface area (Å²) >= 11 is 0. The van der Waals surface area contributed by atoms with Crippen LogP contribution in [-0.2, 0) is 19.6 Å². The van der Waals surface area contributed by atoms with Crippen LogP contribution >= 0.6 is 0 Å². The molecule has 2 aliphatic heterocycles. The van der Waals surface area contributed by atoms with Crippen LogP contribution in [0.4, 0.5) is 4.39 Å². The van der Waals surface area contributed by atoms with Crippen LogP contribution in [0, 0.1) is 5.82 Å². The van der Waals surface area contributed by atoms with Crippen LogP contribution in [0.1, 0.15) is 25.7 Å². The van der Waals surface area contributed by atoms with Gasteiger partial charge in [-0.25, -0.2) is 17.5 Å². The summed E-state index contributed by atoms with van der Waals surface area (Å²) in [6.45, 7) is 1.07. The quantitative estimate of drug-likeness (QED) is 0.685. The standard InChI is InChI=1S/C19H25FN2O5S/c20-14-5-4-6-16(11-14)28(25,26)21-17-8-7-15(27-18(17)13-23)12-19(24)22-9-2-1-3-10-22/h4-8,11,15,17-18,21,23H,1-3,9-10,12-13H2/t15-,17-,18+/m0/s1. The number of benzene rings is 1. The zero-order valence-corrected chi connectivity index (χ0v) is 16.3. The second-order valence-corrected chi connectivity index (χ2v) is 8.74. The van der Waals surface area contributed by atoms with Crippen molar-refractivity contribution in [2.24, 2.45) is 0 Å². The van der Waals surface area contributed by atoms with E-state index in [2.05, 4.69) is 4.72 Å².